The summed E-state index contributed by atoms with van der Waals surface area (Å²) in [4.78, 5) is 18.3. The van der Waals surface area contributed by atoms with Gasteiger partial charge in [0.1, 0.15) is 0 Å². The highest BCUT2D eigenvalue weighted by Gasteiger charge is 2.36. The molecule has 1 aromatic rings. The molecule has 1 aliphatic carbocycles. The molecule has 0 spiro atoms. The van der Waals surface area contributed by atoms with Gasteiger partial charge in [0.25, 0.3) is 0 Å². The highest BCUT2D eigenvalue weighted by Crippen LogP contribution is 2.29. The summed E-state index contributed by atoms with van der Waals surface area (Å²) < 4.78 is 43.2. The van der Waals surface area contributed by atoms with Crippen molar-refractivity contribution in [3.63, 3.8) is 0 Å². The number of esters is 1. The first-order valence-electron chi connectivity index (χ1n) is 5.52. The van der Waals surface area contributed by atoms with Crippen LogP contribution in [0.25, 0.3) is 0 Å². The SMILES string of the molecule is COC(=O)Cc1nc(NS(=O)(=O)C2CC2)ncc1F. The number of carbonyl (C=O) groups is 1. The molecule has 7 nitrogen and oxygen atoms in total. The van der Waals surface area contributed by atoms with Crippen molar-refractivity contribution in [2.45, 2.75) is 24.5 Å². The van der Waals surface area contributed by atoms with Crippen LogP contribution in [0.15, 0.2) is 6.20 Å². The molecule has 0 amide bonds. The second-order valence-corrected chi connectivity index (χ2v) is 6.05. The number of aromatic nitrogens is 2. The van der Waals surface area contributed by atoms with Gasteiger partial charge in [-0.1, -0.05) is 0 Å². The summed E-state index contributed by atoms with van der Waals surface area (Å²) >= 11 is 0. The molecule has 1 heterocycles. The van der Waals surface area contributed by atoms with Crippen molar-refractivity contribution >= 4 is 21.9 Å². The van der Waals surface area contributed by atoms with Gasteiger partial charge in [-0.3, -0.25) is 9.52 Å². The van der Waals surface area contributed by atoms with Gasteiger partial charge in [-0.15, -0.1) is 0 Å². The standard InChI is InChI=1S/C10H12FN3O4S/c1-18-9(15)4-8-7(11)5-12-10(13-8)14-19(16,17)6-2-3-6/h5-6H,2-4H2,1H3,(H,12,13,14). The van der Waals surface area contributed by atoms with Crippen molar-refractivity contribution < 1.29 is 22.3 Å². The van der Waals surface area contributed by atoms with E-state index in [9.17, 15) is 17.6 Å². The second-order valence-electron chi connectivity index (χ2n) is 4.09. The van der Waals surface area contributed by atoms with E-state index in [1.165, 1.54) is 0 Å². The summed E-state index contributed by atoms with van der Waals surface area (Å²) in [6, 6.07) is 0. The average molecular weight is 289 g/mol. The summed E-state index contributed by atoms with van der Waals surface area (Å²) in [5, 5.41) is -0.440. The van der Waals surface area contributed by atoms with Crippen molar-refractivity contribution in [1.82, 2.24) is 9.97 Å². The number of hydrogen-bond donors (Lipinski definition) is 1. The lowest BCUT2D eigenvalue weighted by molar-refractivity contribution is -0.139. The first-order chi connectivity index (χ1) is 8.92. The lowest BCUT2D eigenvalue weighted by Crippen LogP contribution is -2.20. The van der Waals surface area contributed by atoms with Gasteiger partial charge in [-0.25, -0.2) is 22.8 Å². The summed E-state index contributed by atoms with van der Waals surface area (Å²) in [5.41, 5.74) is -0.213. The van der Waals surface area contributed by atoms with E-state index in [0.717, 1.165) is 13.3 Å². The van der Waals surface area contributed by atoms with Gasteiger partial charge < -0.3 is 4.74 Å². The molecule has 0 unspecified atom stereocenters. The molecule has 19 heavy (non-hydrogen) atoms. The minimum absolute atomic E-state index is 0.213. The Bertz CT molecular complexity index is 601. The Morgan fingerprint density at radius 2 is 2.26 bits per heavy atom. The monoisotopic (exact) mass is 289 g/mol. The Balaban J connectivity index is 2.18. The van der Waals surface area contributed by atoms with E-state index in [0.29, 0.717) is 12.8 Å². The van der Waals surface area contributed by atoms with E-state index in [1.807, 2.05) is 0 Å². The molecule has 0 atom stereocenters. The number of methoxy groups -OCH3 is 1. The van der Waals surface area contributed by atoms with Crippen molar-refractivity contribution in [2.75, 3.05) is 11.8 Å². The zero-order valence-electron chi connectivity index (χ0n) is 10.1. The Morgan fingerprint density at radius 3 is 2.84 bits per heavy atom. The normalized spacial score (nSPS) is 15.1. The molecule has 1 N–H and O–H groups in total. The number of nitrogens with zero attached hydrogens (tertiary/aromatic N) is 2. The summed E-state index contributed by atoms with van der Waals surface area (Å²) in [6.07, 6.45) is 1.61. The zero-order chi connectivity index (χ0) is 14.0. The number of hydrogen-bond acceptors (Lipinski definition) is 6. The van der Waals surface area contributed by atoms with Gasteiger partial charge in [-0.2, -0.15) is 0 Å². The molecule has 1 aliphatic rings. The Labute approximate surface area is 109 Å². The van der Waals surface area contributed by atoms with E-state index < -0.39 is 27.1 Å². The molecule has 1 saturated carbocycles. The summed E-state index contributed by atoms with van der Waals surface area (Å²) in [7, 11) is -2.35. The number of rotatable bonds is 5. The molecule has 0 aromatic carbocycles. The van der Waals surface area contributed by atoms with Crippen molar-refractivity contribution in [3.8, 4) is 0 Å². The lowest BCUT2D eigenvalue weighted by atomic mass is 10.3. The van der Waals surface area contributed by atoms with Gasteiger partial charge in [0, 0.05) is 0 Å². The highest BCUT2D eigenvalue weighted by molar-refractivity contribution is 7.93. The molecule has 1 aromatic heterocycles. The quantitative estimate of drug-likeness (QED) is 0.779. The van der Waals surface area contributed by atoms with E-state index in [-0.39, 0.29) is 18.1 Å². The minimum atomic E-state index is -3.52. The maximum Gasteiger partial charge on any atom is 0.311 e. The van der Waals surface area contributed by atoms with Crippen LogP contribution in [-0.2, 0) is 26.0 Å². The number of sulfonamides is 1. The smallest absolute Gasteiger partial charge is 0.311 e. The topological polar surface area (TPSA) is 98.2 Å². The number of anilines is 1. The fourth-order valence-electron chi connectivity index (χ4n) is 1.37. The maximum atomic E-state index is 13.4. The second kappa shape index (κ2) is 5.08. The predicted octanol–water partition coefficient (Wildman–Crippen LogP) is 0.235. The molecule has 0 saturated heterocycles. The van der Waals surface area contributed by atoms with Gasteiger partial charge in [0.15, 0.2) is 5.82 Å². The third-order valence-corrected chi connectivity index (χ3v) is 4.37. The number of nitrogens with one attached hydrogen (secondary N) is 1. The van der Waals surface area contributed by atoms with Crippen LogP contribution in [0.1, 0.15) is 18.5 Å². The third-order valence-electron chi connectivity index (χ3n) is 2.55. The van der Waals surface area contributed by atoms with Crippen molar-refractivity contribution in [3.05, 3.63) is 17.7 Å². The Kier molecular flexibility index (Phi) is 3.65. The molecular weight excluding hydrogens is 277 g/mol. The van der Waals surface area contributed by atoms with Crippen LogP contribution in [-0.4, -0.2) is 36.7 Å². The Morgan fingerprint density at radius 1 is 1.58 bits per heavy atom. The van der Waals surface area contributed by atoms with Crippen LogP contribution in [0.5, 0.6) is 0 Å². The van der Waals surface area contributed by atoms with E-state index in [1.54, 1.807) is 0 Å². The van der Waals surface area contributed by atoms with Crippen LogP contribution < -0.4 is 4.72 Å². The molecule has 0 bridgehead atoms. The molecule has 2 rings (SSSR count). The molecule has 0 aliphatic heterocycles. The predicted molar refractivity (Wildman–Crippen MR) is 63.3 cm³/mol. The fraction of sp³-hybridized carbons (Fsp3) is 0.500. The molecular formula is C10H12FN3O4S. The Hall–Kier alpha value is -1.77. The van der Waals surface area contributed by atoms with Crippen molar-refractivity contribution in [1.29, 1.82) is 0 Å². The lowest BCUT2D eigenvalue weighted by Gasteiger charge is -2.07. The zero-order valence-corrected chi connectivity index (χ0v) is 10.9. The largest absolute Gasteiger partial charge is 0.469 e. The molecule has 1 fully saturated rings. The first-order valence-corrected chi connectivity index (χ1v) is 7.07. The van der Waals surface area contributed by atoms with Crippen LogP contribution in [0, 0.1) is 5.82 Å². The fourth-order valence-corrected chi connectivity index (χ4v) is 2.65. The molecule has 9 heteroatoms. The van der Waals surface area contributed by atoms with E-state index in [2.05, 4.69) is 19.4 Å². The van der Waals surface area contributed by atoms with Gasteiger partial charge in [0.05, 0.1) is 30.7 Å². The van der Waals surface area contributed by atoms with Crippen LogP contribution >= 0.6 is 0 Å². The number of carbonyl (C=O) groups excluding carboxylic acids is 1. The van der Waals surface area contributed by atoms with Crippen LogP contribution in [0.4, 0.5) is 10.3 Å². The van der Waals surface area contributed by atoms with E-state index in [4.69, 9.17) is 0 Å². The van der Waals surface area contributed by atoms with Crippen molar-refractivity contribution in [2.24, 2.45) is 0 Å². The first kappa shape index (κ1) is 13.7. The van der Waals surface area contributed by atoms with Gasteiger partial charge in [0.2, 0.25) is 16.0 Å². The van der Waals surface area contributed by atoms with Gasteiger partial charge in [-0.05, 0) is 12.8 Å². The maximum absolute atomic E-state index is 13.4. The minimum Gasteiger partial charge on any atom is -0.469 e. The molecule has 0 radical (unpaired) electrons. The summed E-state index contributed by atoms with van der Waals surface area (Å²) in [6.45, 7) is 0. The number of ether oxygens (including phenoxy) is 1. The highest BCUT2D eigenvalue weighted by atomic mass is 32.2. The van der Waals surface area contributed by atoms with Crippen LogP contribution in [0.2, 0.25) is 0 Å². The summed E-state index contributed by atoms with van der Waals surface area (Å²) in [5.74, 6) is -1.71. The number of halogens is 1. The third kappa shape index (κ3) is 3.37. The van der Waals surface area contributed by atoms with E-state index >= 15 is 0 Å². The molecule has 104 valence electrons. The average Bonchev–Trinajstić information content (AvgIpc) is 3.17. The van der Waals surface area contributed by atoms with Gasteiger partial charge >= 0.3 is 5.97 Å². The van der Waals surface area contributed by atoms with Crippen LogP contribution in [0.3, 0.4) is 0 Å².